The molecule has 2 heteroatoms. The number of benzene rings is 2. The summed E-state index contributed by atoms with van der Waals surface area (Å²) in [7, 11) is 4.49. The summed E-state index contributed by atoms with van der Waals surface area (Å²) in [5, 5.41) is 0. The third-order valence-electron chi connectivity index (χ3n) is 4.69. The molecule has 0 fully saturated rings. The predicted molar refractivity (Wildman–Crippen MR) is 89.0 cm³/mol. The van der Waals surface area contributed by atoms with E-state index >= 15 is 0 Å². The Morgan fingerprint density at radius 1 is 0.864 bits per heavy atom. The molecule has 0 heterocycles. The quantitative estimate of drug-likeness (QED) is 0.800. The van der Waals surface area contributed by atoms with Crippen LogP contribution in [0.1, 0.15) is 41.0 Å². The molecule has 2 aromatic carbocycles. The Hall–Kier alpha value is -1.31. The highest BCUT2D eigenvalue weighted by molar-refractivity contribution is 5.44. The van der Waals surface area contributed by atoms with Crippen LogP contribution in [0.2, 0.25) is 0 Å². The van der Waals surface area contributed by atoms with Gasteiger partial charge in [0, 0.05) is 5.92 Å². The van der Waals surface area contributed by atoms with Gasteiger partial charge in [-0.05, 0) is 47.9 Å². The van der Waals surface area contributed by atoms with Gasteiger partial charge in [-0.2, -0.15) is 0 Å². The summed E-state index contributed by atoms with van der Waals surface area (Å²) in [4.78, 5) is 1.55. The van der Waals surface area contributed by atoms with E-state index in [0.29, 0.717) is 5.92 Å². The molecule has 1 N–H and O–H groups in total. The zero-order chi connectivity index (χ0) is 14.7. The lowest BCUT2D eigenvalue weighted by Crippen LogP contribution is -3.05. The van der Waals surface area contributed by atoms with Gasteiger partial charge in [0.25, 0.3) is 0 Å². The van der Waals surface area contributed by atoms with E-state index in [9.17, 15) is 0 Å². The van der Waals surface area contributed by atoms with E-state index in [2.05, 4.69) is 62.6 Å². The number of quaternary nitrogens is 1. The van der Waals surface area contributed by atoms with Crippen LogP contribution in [-0.4, -0.2) is 20.6 Å². The average molecular weight is 316 g/mol. The van der Waals surface area contributed by atoms with Crippen LogP contribution in [0, 0.1) is 0 Å². The van der Waals surface area contributed by atoms with Gasteiger partial charge in [-0.15, -0.1) is 0 Å². The average Bonchev–Trinajstić information content (AvgIpc) is 2.65. The molecule has 118 valence electrons. The summed E-state index contributed by atoms with van der Waals surface area (Å²) >= 11 is 0. The van der Waals surface area contributed by atoms with Gasteiger partial charge >= 0.3 is 0 Å². The molecule has 0 saturated heterocycles. The first kappa shape index (κ1) is 17.1. The Bertz CT molecular complexity index is 559. The second kappa shape index (κ2) is 7.80. The van der Waals surface area contributed by atoms with E-state index in [1.807, 2.05) is 0 Å². The molecule has 0 bridgehead atoms. The number of hydrogen-bond donors (Lipinski definition) is 1. The Morgan fingerprint density at radius 2 is 1.36 bits per heavy atom. The van der Waals surface area contributed by atoms with Crippen molar-refractivity contribution in [2.45, 2.75) is 31.6 Å². The normalized spacial score (nSPS) is 14.0. The molecule has 0 aromatic heterocycles. The molecule has 0 radical (unpaired) electrons. The van der Waals surface area contributed by atoms with Gasteiger partial charge in [0.15, 0.2) is 0 Å². The smallest absolute Gasteiger partial charge is 0.0767 e. The molecule has 1 nitrogen and oxygen atoms in total. The lowest BCUT2D eigenvalue weighted by Gasteiger charge is -2.20. The van der Waals surface area contributed by atoms with Crippen LogP contribution in [0.15, 0.2) is 48.5 Å². The van der Waals surface area contributed by atoms with E-state index in [0.717, 1.165) is 0 Å². The van der Waals surface area contributed by atoms with Gasteiger partial charge in [-0.3, -0.25) is 0 Å². The molecule has 0 saturated carbocycles. The highest BCUT2D eigenvalue weighted by Crippen LogP contribution is 2.36. The minimum absolute atomic E-state index is 0. The monoisotopic (exact) mass is 315 g/mol. The van der Waals surface area contributed by atoms with E-state index in [4.69, 9.17) is 0 Å². The molecule has 3 rings (SSSR count). The Morgan fingerprint density at radius 3 is 1.86 bits per heavy atom. The molecule has 2 aromatic rings. The second-order valence-corrected chi connectivity index (χ2v) is 6.55. The summed E-state index contributed by atoms with van der Waals surface area (Å²) in [5.41, 5.74) is 6.24. The fourth-order valence-corrected chi connectivity index (χ4v) is 3.61. The SMILES string of the molecule is C[NH+](C)CCCC1c2ccccc2CCc2ccccc21.[Cl-]. The fourth-order valence-electron chi connectivity index (χ4n) is 3.61. The van der Waals surface area contributed by atoms with Crippen molar-refractivity contribution in [3.05, 3.63) is 70.8 Å². The van der Waals surface area contributed by atoms with Crippen LogP contribution >= 0.6 is 0 Å². The predicted octanol–water partition coefficient (Wildman–Crippen LogP) is -0.154. The fraction of sp³-hybridized carbons (Fsp3) is 0.400. The molecule has 0 spiro atoms. The lowest BCUT2D eigenvalue weighted by molar-refractivity contribution is -0.858. The summed E-state index contributed by atoms with van der Waals surface area (Å²) in [6, 6.07) is 18.1. The molecule has 0 amide bonds. The zero-order valence-corrected chi connectivity index (χ0v) is 14.4. The van der Waals surface area contributed by atoms with Crippen LogP contribution in [0.3, 0.4) is 0 Å². The van der Waals surface area contributed by atoms with Crippen molar-refractivity contribution < 1.29 is 17.3 Å². The second-order valence-electron chi connectivity index (χ2n) is 6.55. The van der Waals surface area contributed by atoms with Gasteiger partial charge in [0.1, 0.15) is 0 Å². The Balaban J connectivity index is 0.00000176. The highest BCUT2D eigenvalue weighted by Gasteiger charge is 2.22. The zero-order valence-electron chi connectivity index (χ0n) is 13.6. The third-order valence-corrected chi connectivity index (χ3v) is 4.69. The van der Waals surface area contributed by atoms with E-state index < -0.39 is 0 Å². The molecular formula is C20H26ClN. The minimum atomic E-state index is 0. The number of rotatable bonds is 4. The first-order valence-electron chi connectivity index (χ1n) is 8.20. The number of nitrogens with one attached hydrogen (secondary N) is 1. The van der Waals surface area contributed by atoms with Crippen molar-refractivity contribution in [1.82, 2.24) is 0 Å². The molecule has 0 unspecified atom stereocenters. The van der Waals surface area contributed by atoms with Gasteiger partial charge in [-0.1, -0.05) is 48.5 Å². The molecule has 1 aliphatic rings. The van der Waals surface area contributed by atoms with Crippen molar-refractivity contribution in [3.8, 4) is 0 Å². The molecular weight excluding hydrogens is 290 g/mol. The Kier molecular flexibility index (Phi) is 6.05. The van der Waals surface area contributed by atoms with Gasteiger partial charge in [0.2, 0.25) is 0 Å². The van der Waals surface area contributed by atoms with E-state index in [1.165, 1.54) is 32.2 Å². The lowest BCUT2D eigenvalue weighted by atomic mass is 9.85. The van der Waals surface area contributed by atoms with Gasteiger partial charge in [-0.25, -0.2) is 0 Å². The van der Waals surface area contributed by atoms with E-state index in [1.54, 1.807) is 27.2 Å². The van der Waals surface area contributed by atoms with Crippen LogP contribution in [0.4, 0.5) is 0 Å². The van der Waals surface area contributed by atoms with Crippen molar-refractivity contribution in [2.24, 2.45) is 0 Å². The summed E-state index contributed by atoms with van der Waals surface area (Å²) in [6.07, 6.45) is 4.92. The third kappa shape index (κ3) is 3.71. The molecule has 0 aliphatic heterocycles. The van der Waals surface area contributed by atoms with Crippen molar-refractivity contribution in [1.29, 1.82) is 0 Å². The van der Waals surface area contributed by atoms with Crippen molar-refractivity contribution in [3.63, 3.8) is 0 Å². The van der Waals surface area contributed by atoms with Gasteiger partial charge in [0.05, 0.1) is 20.6 Å². The van der Waals surface area contributed by atoms with Crippen LogP contribution < -0.4 is 17.3 Å². The topological polar surface area (TPSA) is 4.44 Å². The van der Waals surface area contributed by atoms with Crippen LogP contribution in [0.25, 0.3) is 0 Å². The standard InChI is InChI=1S/C20H25N.ClH/c1-21(2)15-7-12-20-18-10-5-3-8-16(18)13-14-17-9-4-6-11-19(17)20;/h3-6,8-11,20H,7,12-15H2,1-2H3;1H. The maximum absolute atomic E-state index is 2.35. The summed E-state index contributed by atoms with van der Waals surface area (Å²) in [6.45, 7) is 1.25. The number of aryl methyl sites for hydroxylation is 2. The van der Waals surface area contributed by atoms with Crippen LogP contribution in [0.5, 0.6) is 0 Å². The number of fused-ring (bicyclic) bond motifs is 2. The molecule has 0 atom stereocenters. The summed E-state index contributed by atoms with van der Waals surface area (Å²) in [5.74, 6) is 0.583. The first-order valence-corrected chi connectivity index (χ1v) is 8.20. The van der Waals surface area contributed by atoms with Crippen molar-refractivity contribution >= 4 is 0 Å². The van der Waals surface area contributed by atoms with Crippen LogP contribution in [-0.2, 0) is 12.8 Å². The largest absolute Gasteiger partial charge is 1.00 e. The highest BCUT2D eigenvalue weighted by atomic mass is 35.5. The van der Waals surface area contributed by atoms with Gasteiger partial charge < -0.3 is 17.3 Å². The van der Waals surface area contributed by atoms with Crippen molar-refractivity contribution in [2.75, 3.05) is 20.6 Å². The molecule has 22 heavy (non-hydrogen) atoms. The van der Waals surface area contributed by atoms with E-state index in [-0.39, 0.29) is 12.4 Å². The number of halogens is 1. The minimum Gasteiger partial charge on any atom is -1.00 e. The first-order chi connectivity index (χ1) is 10.3. The summed E-state index contributed by atoms with van der Waals surface area (Å²) < 4.78 is 0. The molecule has 1 aliphatic carbocycles. The Labute approximate surface area is 140 Å². The maximum Gasteiger partial charge on any atom is 0.0767 e. The maximum atomic E-state index is 2.35. The number of hydrogen-bond acceptors (Lipinski definition) is 0.